The van der Waals surface area contributed by atoms with E-state index in [1.54, 1.807) is 0 Å². The number of carbonyl (C=O) groups excluding carboxylic acids is 4. The van der Waals surface area contributed by atoms with E-state index in [-0.39, 0.29) is 65.3 Å². The standard InChI is InChI=1S/C33H29N7O7S.Na/c1-20(41)38-19-46-29-24(26(31(44)45)40-27(29)28(38)30(40)43)18-48-32-34-36-37-39(32)17-25(42)35-47-33(21-11-5-2-6-12-21,22-13-7-3-8-14-22)23-15-9-4-10-16-23;/h2-16,27-29H,17-19H2,1H3,(H,35,42)(H,44,45);/q;+1/p-1/t27-,28-,29?;/m0./s1. The summed E-state index contributed by atoms with van der Waals surface area (Å²) in [7, 11) is 0. The molecule has 1 N–H and O–H groups in total. The largest absolute Gasteiger partial charge is 1.00 e. The van der Waals surface area contributed by atoms with Gasteiger partial charge in [0, 0.05) is 12.7 Å². The van der Waals surface area contributed by atoms with Crippen LogP contribution >= 0.6 is 11.8 Å². The number of amides is 3. The quantitative estimate of drug-likeness (QED) is 0.0586. The molecule has 7 rings (SSSR count). The molecule has 3 aliphatic rings. The predicted molar refractivity (Wildman–Crippen MR) is 166 cm³/mol. The van der Waals surface area contributed by atoms with E-state index in [9.17, 15) is 24.3 Å². The molecular formula is C33H28N7NaO7S. The molecule has 244 valence electrons. The molecule has 0 saturated carbocycles. The van der Waals surface area contributed by atoms with E-state index < -0.39 is 41.6 Å². The number of tetrazole rings is 1. The average Bonchev–Trinajstić information content (AvgIpc) is 3.69. The van der Waals surface area contributed by atoms with Gasteiger partial charge in [0.25, 0.3) is 11.8 Å². The summed E-state index contributed by atoms with van der Waals surface area (Å²) >= 11 is 1.07. The van der Waals surface area contributed by atoms with Crippen LogP contribution in [0.1, 0.15) is 23.6 Å². The smallest absolute Gasteiger partial charge is 0.543 e. The molecule has 4 heterocycles. The van der Waals surface area contributed by atoms with Gasteiger partial charge in [0.15, 0.2) is 5.60 Å². The molecule has 3 aliphatic heterocycles. The number of carboxylic acids is 1. The number of aromatic nitrogens is 4. The van der Waals surface area contributed by atoms with E-state index in [1.807, 2.05) is 91.0 Å². The molecule has 2 fully saturated rings. The summed E-state index contributed by atoms with van der Waals surface area (Å²) in [5.74, 6) is -2.90. The van der Waals surface area contributed by atoms with Crippen molar-refractivity contribution in [2.45, 2.75) is 42.4 Å². The van der Waals surface area contributed by atoms with Gasteiger partial charge in [-0.05, 0) is 32.7 Å². The number of carboxylic acid groups (broad SMARTS) is 1. The maximum atomic E-state index is 13.4. The summed E-state index contributed by atoms with van der Waals surface area (Å²) in [5.41, 5.74) is 3.81. The Kier molecular flexibility index (Phi) is 10.0. The zero-order valence-electron chi connectivity index (χ0n) is 26.5. The predicted octanol–water partition coefficient (Wildman–Crippen LogP) is -2.39. The fraction of sp³-hybridized carbons (Fsp3) is 0.242. The van der Waals surface area contributed by atoms with Gasteiger partial charge in [0.2, 0.25) is 11.1 Å². The third-order valence-corrected chi connectivity index (χ3v) is 9.65. The van der Waals surface area contributed by atoms with Crippen molar-refractivity contribution in [1.82, 2.24) is 35.5 Å². The maximum absolute atomic E-state index is 13.4. The molecule has 2 saturated heterocycles. The third kappa shape index (κ3) is 6.06. The second-order valence-electron chi connectivity index (χ2n) is 11.3. The number of hydroxylamine groups is 1. The topological polar surface area (TPSA) is 172 Å². The number of aliphatic carboxylic acids is 1. The van der Waals surface area contributed by atoms with Gasteiger partial charge < -0.3 is 19.5 Å². The molecule has 16 heteroatoms. The van der Waals surface area contributed by atoms with E-state index in [0.717, 1.165) is 33.4 Å². The number of β-lactam (4-membered cyclic amide) rings is 1. The molecule has 0 bridgehead atoms. The molecule has 3 aromatic carbocycles. The van der Waals surface area contributed by atoms with Crippen molar-refractivity contribution in [1.29, 1.82) is 0 Å². The SMILES string of the molecule is CC(=O)N1COC2C(CSc3nnnn3CC(=O)NOC(c3ccccc3)(c3ccccc3)c3ccccc3)=C(C(=O)[O-])N3C(=O)[C@@H]1[C@@H]23.[Na+]. The van der Waals surface area contributed by atoms with Gasteiger partial charge in [0.1, 0.15) is 25.4 Å². The summed E-state index contributed by atoms with van der Waals surface area (Å²) in [6, 6.07) is 27.2. The van der Waals surface area contributed by atoms with Crippen molar-refractivity contribution in [2.24, 2.45) is 0 Å². The van der Waals surface area contributed by atoms with Crippen LogP contribution < -0.4 is 40.1 Å². The van der Waals surface area contributed by atoms with Crippen molar-refractivity contribution < 1.29 is 63.4 Å². The zero-order chi connectivity index (χ0) is 33.4. The minimum Gasteiger partial charge on any atom is -0.543 e. The fourth-order valence-electron chi connectivity index (χ4n) is 6.51. The molecule has 0 aliphatic carbocycles. The monoisotopic (exact) mass is 689 g/mol. The Balaban J connectivity index is 0.00000417. The number of thioether (sulfide) groups is 1. The van der Waals surface area contributed by atoms with Gasteiger partial charge in [0.05, 0.1) is 17.7 Å². The summed E-state index contributed by atoms with van der Waals surface area (Å²) in [4.78, 5) is 59.3. The van der Waals surface area contributed by atoms with E-state index in [4.69, 9.17) is 9.57 Å². The van der Waals surface area contributed by atoms with Crippen LogP contribution in [0.5, 0.6) is 0 Å². The Bertz CT molecular complexity index is 1820. The second-order valence-corrected chi connectivity index (χ2v) is 12.3. The molecular weight excluding hydrogens is 661 g/mol. The molecule has 14 nitrogen and oxygen atoms in total. The van der Waals surface area contributed by atoms with Gasteiger partial charge in [-0.15, -0.1) is 5.10 Å². The van der Waals surface area contributed by atoms with Crippen molar-refractivity contribution in [3.63, 3.8) is 0 Å². The number of nitrogens with one attached hydrogen (secondary N) is 1. The average molecular weight is 690 g/mol. The van der Waals surface area contributed by atoms with E-state index in [2.05, 4.69) is 21.0 Å². The van der Waals surface area contributed by atoms with Crippen LogP contribution in [0, 0.1) is 0 Å². The summed E-state index contributed by atoms with van der Waals surface area (Å²) in [5, 5.41) is 24.1. The van der Waals surface area contributed by atoms with Crippen LogP contribution in [0.3, 0.4) is 0 Å². The summed E-state index contributed by atoms with van der Waals surface area (Å²) in [6.45, 7) is 0.854. The Morgan fingerprint density at radius 3 is 2.08 bits per heavy atom. The number of hydrogen-bond donors (Lipinski definition) is 1. The number of nitrogens with zero attached hydrogens (tertiary/aromatic N) is 6. The van der Waals surface area contributed by atoms with Crippen LogP contribution in [0.2, 0.25) is 0 Å². The minimum atomic E-state index is -1.53. The van der Waals surface area contributed by atoms with Gasteiger partial charge in [-0.1, -0.05) is 103 Å². The van der Waals surface area contributed by atoms with Crippen LogP contribution in [-0.4, -0.2) is 84.4 Å². The van der Waals surface area contributed by atoms with Gasteiger partial charge in [-0.3, -0.25) is 24.1 Å². The first-order valence-electron chi connectivity index (χ1n) is 15.0. The first-order valence-corrected chi connectivity index (χ1v) is 16.0. The van der Waals surface area contributed by atoms with Gasteiger partial charge >= 0.3 is 29.6 Å². The molecule has 0 radical (unpaired) electrons. The normalized spacial score (nSPS) is 19.5. The van der Waals surface area contributed by atoms with Crippen molar-refractivity contribution in [3.05, 3.63) is 119 Å². The Labute approximate surface area is 306 Å². The molecule has 49 heavy (non-hydrogen) atoms. The Morgan fingerprint density at radius 2 is 1.55 bits per heavy atom. The number of benzene rings is 3. The Hall–Kier alpha value is -4.38. The molecule has 1 aromatic heterocycles. The molecule has 4 aromatic rings. The molecule has 1 unspecified atom stereocenters. The van der Waals surface area contributed by atoms with Crippen LogP contribution in [0.25, 0.3) is 0 Å². The van der Waals surface area contributed by atoms with Crippen LogP contribution in [0.4, 0.5) is 0 Å². The first kappa shape index (κ1) is 34.5. The maximum Gasteiger partial charge on any atom is 1.00 e. The van der Waals surface area contributed by atoms with E-state index in [0.29, 0.717) is 5.57 Å². The van der Waals surface area contributed by atoms with Gasteiger partial charge in [-0.25, -0.2) is 10.2 Å². The summed E-state index contributed by atoms with van der Waals surface area (Å²) in [6.07, 6.45) is -0.744. The van der Waals surface area contributed by atoms with E-state index in [1.165, 1.54) is 16.5 Å². The molecule has 3 atom stereocenters. The fourth-order valence-corrected chi connectivity index (χ4v) is 7.44. The van der Waals surface area contributed by atoms with Gasteiger partial charge in [-0.2, -0.15) is 0 Å². The van der Waals surface area contributed by atoms with Crippen LogP contribution in [0.15, 0.2) is 107 Å². The van der Waals surface area contributed by atoms with Crippen LogP contribution in [-0.2, 0) is 40.9 Å². The van der Waals surface area contributed by atoms with Crippen molar-refractivity contribution >= 4 is 35.5 Å². The molecule has 0 spiro atoms. The third-order valence-electron chi connectivity index (χ3n) is 8.65. The molecule has 3 amide bonds. The number of rotatable bonds is 11. The first-order chi connectivity index (χ1) is 23.3. The minimum absolute atomic E-state index is 0. The number of ether oxygens (including phenoxy) is 1. The summed E-state index contributed by atoms with van der Waals surface area (Å²) < 4.78 is 7.12. The van der Waals surface area contributed by atoms with E-state index >= 15 is 0 Å². The van der Waals surface area contributed by atoms with Crippen molar-refractivity contribution in [2.75, 3.05) is 12.5 Å². The number of carbonyl (C=O) groups is 4. The Morgan fingerprint density at radius 1 is 0.980 bits per heavy atom. The second kappa shape index (κ2) is 14.2. The number of hydrogen-bond acceptors (Lipinski definition) is 11. The van der Waals surface area contributed by atoms with Crippen molar-refractivity contribution in [3.8, 4) is 0 Å². The zero-order valence-corrected chi connectivity index (χ0v) is 29.3.